The van der Waals surface area contributed by atoms with E-state index in [9.17, 15) is 4.79 Å². The molecule has 0 saturated carbocycles. The van der Waals surface area contributed by atoms with Gasteiger partial charge in [-0.1, -0.05) is 0 Å². The number of fused-ring (bicyclic) bond motifs is 1. The second kappa shape index (κ2) is 6.53. The van der Waals surface area contributed by atoms with E-state index < -0.39 is 0 Å². The first-order chi connectivity index (χ1) is 10.6. The van der Waals surface area contributed by atoms with Crippen molar-refractivity contribution in [3.63, 3.8) is 0 Å². The minimum atomic E-state index is 0.225. The Kier molecular flexibility index (Phi) is 4.48. The van der Waals surface area contributed by atoms with Crippen molar-refractivity contribution in [2.75, 3.05) is 13.1 Å². The van der Waals surface area contributed by atoms with Crippen LogP contribution in [0.5, 0.6) is 0 Å². The highest BCUT2D eigenvalue weighted by Gasteiger charge is 2.24. The number of rotatable bonds is 4. The molecule has 1 saturated heterocycles. The summed E-state index contributed by atoms with van der Waals surface area (Å²) in [6.07, 6.45) is 6.32. The molecule has 0 N–H and O–H groups in total. The first kappa shape index (κ1) is 15.1. The van der Waals surface area contributed by atoms with E-state index in [4.69, 9.17) is 0 Å². The summed E-state index contributed by atoms with van der Waals surface area (Å²) in [5, 5.41) is 0. The molecule has 0 spiro atoms. The minimum absolute atomic E-state index is 0.225. The fourth-order valence-corrected chi connectivity index (χ4v) is 3.25. The number of hydrogen-bond acceptors (Lipinski definition) is 4. The minimum Gasteiger partial charge on any atom is -0.301 e. The Morgan fingerprint density at radius 2 is 2.05 bits per heavy atom. The number of likely N-dealkylation sites (tertiary alicyclic amines) is 1. The Bertz CT molecular complexity index is 668. The van der Waals surface area contributed by atoms with Crippen LogP contribution < -0.4 is 0 Å². The summed E-state index contributed by atoms with van der Waals surface area (Å²) in [5.41, 5.74) is 2.39. The van der Waals surface area contributed by atoms with Crippen LogP contribution in [0.2, 0.25) is 0 Å². The number of nitrogens with zero attached hydrogens (tertiary/aromatic N) is 3. The maximum absolute atomic E-state index is 12.6. The molecule has 1 aliphatic heterocycles. The molecule has 3 rings (SSSR count). The van der Waals surface area contributed by atoms with E-state index in [1.54, 1.807) is 12.4 Å². The summed E-state index contributed by atoms with van der Waals surface area (Å²) in [6.45, 7) is 6.66. The number of carbonyl (C=O) groups excluding carboxylic acids is 1. The topological polar surface area (TPSA) is 46.1 Å². The molecule has 1 atom stereocenters. The van der Waals surface area contributed by atoms with Gasteiger partial charge in [0.1, 0.15) is 0 Å². The van der Waals surface area contributed by atoms with Crippen LogP contribution in [-0.4, -0.2) is 39.8 Å². The molecular formula is C18H23N3O. The number of carbonyl (C=O) groups is 1. The lowest BCUT2D eigenvalue weighted by Crippen LogP contribution is -2.40. The van der Waals surface area contributed by atoms with Gasteiger partial charge in [-0.2, -0.15) is 0 Å². The van der Waals surface area contributed by atoms with Crippen LogP contribution in [0.15, 0.2) is 30.6 Å². The Morgan fingerprint density at radius 3 is 2.82 bits per heavy atom. The van der Waals surface area contributed by atoms with E-state index in [2.05, 4.69) is 28.7 Å². The fourth-order valence-electron chi connectivity index (χ4n) is 3.25. The smallest absolute Gasteiger partial charge is 0.163 e. The van der Waals surface area contributed by atoms with E-state index in [0.717, 1.165) is 36.1 Å². The molecule has 0 aliphatic carbocycles. The molecule has 1 fully saturated rings. The number of hydrogen-bond donors (Lipinski definition) is 0. The predicted molar refractivity (Wildman–Crippen MR) is 87.9 cm³/mol. The average Bonchev–Trinajstić information content (AvgIpc) is 2.54. The molecular weight excluding hydrogens is 274 g/mol. The second-order valence-electron chi connectivity index (χ2n) is 6.48. The molecule has 2 aromatic rings. The number of aromatic nitrogens is 2. The quantitative estimate of drug-likeness (QED) is 0.812. The largest absolute Gasteiger partial charge is 0.301 e. The molecule has 1 aliphatic rings. The average molecular weight is 297 g/mol. The highest BCUT2D eigenvalue weighted by Crippen LogP contribution is 2.23. The number of ketones is 1. The van der Waals surface area contributed by atoms with E-state index in [-0.39, 0.29) is 5.78 Å². The van der Waals surface area contributed by atoms with Crippen LogP contribution in [-0.2, 0) is 0 Å². The number of piperidine rings is 1. The van der Waals surface area contributed by atoms with Crippen molar-refractivity contribution < 1.29 is 4.79 Å². The molecule has 1 aromatic heterocycles. The second-order valence-corrected chi connectivity index (χ2v) is 6.48. The van der Waals surface area contributed by atoms with Gasteiger partial charge < -0.3 is 4.90 Å². The lowest BCUT2D eigenvalue weighted by Gasteiger charge is -2.35. The van der Waals surface area contributed by atoms with Crippen LogP contribution in [0, 0.1) is 5.92 Å². The van der Waals surface area contributed by atoms with Gasteiger partial charge in [-0.3, -0.25) is 14.8 Å². The van der Waals surface area contributed by atoms with Crippen molar-refractivity contribution in [3.05, 3.63) is 36.2 Å². The van der Waals surface area contributed by atoms with Gasteiger partial charge in [0.2, 0.25) is 0 Å². The van der Waals surface area contributed by atoms with Gasteiger partial charge in [-0.15, -0.1) is 0 Å². The van der Waals surface area contributed by atoms with Gasteiger partial charge >= 0.3 is 0 Å². The van der Waals surface area contributed by atoms with Gasteiger partial charge in [0.25, 0.3) is 0 Å². The third kappa shape index (κ3) is 3.33. The molecule has 22 heavy (non-hydrogen) atoms. The molecule has 0 bridgehead atoms. The van der Waals surface area contributed by atoms with Gasteiger partial charge in [0.05, 0.1) is 11.0 Å². The summed E-state index contributed by atoms with van der Waals surface area (Å²) in [6, 6.07) is 6.20. The SMILES string of the molecule is CC(C)N1CCC[C@@H](CC(=O)c2ccc3nccnc3c2)C1. The molecule has 4 heteroatoms. The maximum atomic E-state index is 12.6. The first-order valence-corrected chi connectivity index (χ1v) is 8.11. The van der Waals surface area contributed by atoms with Crippen LogP contribution in [0.3, 0.4) is 0 Å². The third-order valence-electron chi connectivity index (χ3n) is 4.55. The van der Waals surface area contributed by atoms with Gasteiger partial charge in [0.15, 0.2) is 5.78 Å². The van der Waals surface area contributed by atoms with E-state index in [1.807, 2.05) is 18.2 Å². The van der Waals surface area contributed by atoms with Crippen LogP contribution in [0.1, 0.15) is 43.5 Å². The van der Waals surface area contributed by atoms with E-state index >= 15 is 0 Å². The predicted octanol–water partition coefficient (Wildman–Crippen LogP) is 3.32. The van der Waals surface area contributed by atoms with E-state index in [1.165, 1.54) is 6.42 Å². The van der Waals surface area contributed by atoms with Crippen LogP contribution >= 0.6 is 0 Å². The van der Waals surface area contributed by atoms with E-state index in [0.29, 0.717) is 18.4 Å². The van der Waals surface area contributed by atoms with Gasteiger partial charge in [0, 0.05) is 37.0 Å². The third-order valence-corrected chi connectivity index (χ3v) is 4.55. The Balaban J connectivity index is 1.70. The van der Waals surface area contributed by atoms with Crippen molar-refractivity contribution in [2.45, 2.75) is 39.2 Å². The maximum Gasteiger partial charge on any atom is 0.163 e. The van der Waals surface area contributed by atoms with Gasteiger partial charge in [-0.25, -0.2) is 0 Å². The molecule has 1 aromatic carbocycles. The number of Topliss-reactive ketones (excluding diaryl/α,β-unsaturated/α-hetero) is 1. The van der Waals surface area contributed by atoms with Crippen molar-refractivity contribution in [1.82, 2.24) is 14.9 Å². The fraction of sp³-hybridized carbons (Fsp3) is 0.500. The molecule has 0 unspecified atom stereocenters. The number of benzene rings is 1. The monoisotopic (exact) mass is 297 g/mol. The van der Waals surface area contributed by atoms with Crippen molar-refractivity contribution >= 4 is 16.8 Å². The molecule has 0 amide bonds. The molecule has 4 nitrogen and oxygen atoms in total. The van der Waals surface area contributed by atoms with Crippen molar-refractivity contribution in [3.8, 4) is 0 Å². The Hall–Kier alpha value is -1.81. The van der Waals surface area contributed by atoms with Crippen LogP contribution in [0.4, 0.5) is 0 Å². The summed E-state index contributed by atoms with van der Waals surface area (Å²) in [4.78, 5) is 23.6. The molecule has 2 heterocycles. The zero-order chi connectivity index (χ0) is 15.5. The Labute approximate surface area is 131 Å². The van der Waals surface area contributed by atoms with Crippen molar-refractivity contribution in [1.29, 1.82) is 0 Å². The summed E-state index contributed by atoms with van der Waals surface area (Å²) >= 11 is 0. The molecule has 0 radical (unpaired) electrons. The molecule has 116 valence electrons. The van der Waals surface area contributed by atoms with Gasteiger partial charge in [-0.05, 0) is 57.4 Å². The summed E-state index contributed by atoms with van der Waals surface area (Å²) < 4.78 is 0. The Morgan fingerprint density at radius 1 is 1.27 bits per heavy atom. The summed E-state index contributed by atoms with van der Waals surface area (Å²) in [7, 11) is 0. The lowest BCUT2D eigenvalue weighted by molar-refractivity contribution is 0.0890. The standard InChI is InChI=1S/C18H23N3O/c1-13(2)21-9-3-4-14(12-21)10-18(22)15-5-6-16-17(11-15)20-8-7-19-16/h5-8,11,13-14H,3-4,9-10,12H2,1-2H3/t14-/m0/s1. The highest BCUT2D eigenvalue weighted by atomic mass is 16.1. The summed E-state index contributed by atoms with van der Waals surface area (Å²) in [5.74, 6) is 0.698. The lowest BCUT2D eigenvalue weighted by atomic mass is 9.90. The first-order valence-electron chi connectivity index (χ1n) is 8.11. The van der Waals surface area contributed by atoms with Crippen molar-refractivity contribution in [2.24, 2.45) is 5.92 Å². The van der Waals surface area contributed by atoms with Crippen LogP contribution in [0.25, 0.3) is 11.0 Å². The zero-order valence-electron chi connectivity index (χ0n) is 13.3. The highest BCUT2D eigenvalue weighted by molar-refractivity contribution is 5.98. The normalized spacial score (nSPS) is 19.7. The zero-order valence-corrected chi connectivity index (χ0v) is 13.3.